The Hall–Kier alpha value is -2.20. The molecule has 9 nitrogen and oxygen atoms in total. The van der Waals surface area contributed by atoms with Gasteiger partial charge in [0.05, 0.1) is 16.4 Å². The Balaban J connectivity index is 1.68. The van der Waals surface area contributed by atoms with Gasteiger partial charge in [-0.25, -0.2) is 13.2 Å². The topological polar surface area (TPSA) is 124 Å². The quantitative estimate of drug-likeness (QED) is 0.391. The zero-order chi connectivity index (χ0) is 19.8. The van der Waals surface area contributed by atoms with Gasteiger partial charge in [-0.05, 0) is 31.4 Å². The van der Waals surface area contributed by atoms with Crippen molar-refractivity contribution in [2.75, 3.05) is 18.1 Å². The van der Waals surface area contributed by atoms with Crippen LogP contribution in [0.1, 0.15) is 29.6 Å². The molecule has 11 heteroatoms. The number of amides is 1. The van der Waals surface area contributed by atoms with Gasteiger partial charge in [-0.15, -0.1) is 0 Å². The lowest BCUT2D eigenvalue weighted by Gasteiger charge is -2.28. The van der Waals surface area contributed by atoms with Crippen LogP contribution in [0.25, 0.3) is 0 Å². The molecule has 1 aromatic carbocycles. The normalized spacial score (nSPS) is 20.9. The number of esters is 1. The Morgan fingerprint density at radius 3 is 2.52 bits per heavy atom. The smallest absolute Gasteiger partial charge is 0.345 e. The first-order chi connectivity index (χ1) is 12.7. The van der Waals surface area contributed by atoms with Crippen molar-refractivity contribution >= 4 is 39.0 Å². The van der Waals surface area contributed by atoms with E-state index in [9.17, 15) is 28.1 Å². The molecular formula is C16H17ClN2O7S. The average Bonchev–Trinajstić information content (AvgIpc) is 3.35. The van der Waals surface area contributed by atoms with Gasteiger partial charge in [0.25, 0.3) is 11.6 Å². The molecule has 1 aliphatic carbocycles. The molecular weight excluding hydrogens is 400 g/mol. The first-order valence-corrected chi connectivity index (χ1v) is 10.5. The summed E-state index contributed by atoms with van der Waals surface area (Å²) in [5.41, 5.74) is -0.820. The number of nitro benzene ring substituents is 1. The van der Waals surface area contributed by atoms with E-state index in [1.54, 1.807) is 0 Å². The molecule has 2 fully saturated rings. The van der Waals surface area contributed by atoms with E-state index in [0.717, 1.165) is 25.0 Å². The van der Waals surface area contributed by atoms with Gasteiger partial charge in [-0.2, -0.15) is 0 Å². The maximum Gasteiger partial charge on any atom is 0.345 e. The highest BCUT2D eigenvalue weighted by atomic mass is 35.5. The van der Waals surface area contributed by atoms with Crippen molar-refractivity contribution in [2.24, 2.45) is 0 Å². The van der Waals surface area contributed by atoms with E-state index in [2.05, 4.69) is 0 Å². The van der Waals surface area contributed by atoms with Crippen LogP contribution in [0.4, 0.5) is 5.69 Å². The van der Waals surface area contributed by atoms with Gasteiger partial charge in [0.2, 0.25) is 0 Å². The van der Waals surface area contributed by atoms with Crippen LogP contribution in [0.5, 0.6) is 0 Å². The number of nitrogens with zero attached hydrogens (tertiary/aromatic N) is 2. The summed E-state index contributed by atoms with van der Waals surface area (Å²) in [6.45, 7) is -0.616. The predicted molar refractivity (Wildman–Crippen MR) is 95.3 cm³/mol. The summed E-state index contributed by atoms with van der Waals surface area (Å²) < 4.78 is 28.4. The molecule has 3 rings (SSSR count). The van der Waals surface area contributed by atoms with Crippen molar-refractivity contribution in [3.8, 4) is 0 Å². The lowest BCUT2D eigenvalue weighted by Crippen LogP contribution is -2.44. The monoisotopic (exact) mass is 416 g/mol. The second-order valence-corrected chi connectivity index (χ2v) is 9.25. The van der Waals surface area contributed by atoms with E-state index in [1.807, 2.05) is 0 Å². The maximum atomic E-state index is 12.5. The lowest BCUT2D eigenvalue weighted by atomic mass is 10.2. The van der Waals surface area contributed by atoms with Crippen LogP contribution in [-0.2, 0) is 19.4 Å². The Bertz CT molecular complexity index is 898. The molecule has 1 saturated heterocycles. The van der Waals surface area contributed by atoms with Crippen LogP contribution >= 0.6 is 11.6 Å². The Labute approximate surface area is 160 Å². The fourth-order valence-electron chi connectivity index (χ4n) is 3.16. The molecule has 1 atom stereocenters. The zero-order valence-corrected chi connectivity index (χ0v) is 15.7. The molecule has 0 spiro atoms. The van der Waals surface area contributed by atoms with Crippen LogP contribution in [0.15, 0.2) is 18.2 Å². The van der Waals surface area contributed by atoms with Gasteiger partial charge >= 0.3 is 5.97 Å². The number of benzene rings is 1. The number of carbonyl (C=O) groups is 2. The van der Waals surface area contributed by atoms with Crippen LogP contribution < -0.4 is 0 Å². The minimum Gasteiger partial charge on any atom is -0.452 e. The number of hydrogen-bond donors (Lipinski definition) is 0. The van der Waals surface area contributed by atoms with Crippen LogP contribution in [0.2, 0.25) is 5.02 Å². The predicted octanol–water partition coefficient (Wildman–Crippen LogP) is 1.58. The van der Waals surface area contributed by atoms with E-state index in [0.29, 0.717) is 6.42 Å². The van der Waals surface area contributed by atoms with Crippen molar-refractivity contribution in [2.45, 2.75) is 31.3 Å². The van der Waals surface area contributed by atoms with Crippen molar-refractivity contribution < 1.29 is 27.7 Å². The van der Waals surface area contributed by atoms with Crippen molar-refractivity contribution in [1.82, 2.24) is 4.90 Å². The van der Waals surface area contributed by atoms with Gasteiger partial charge in [-0.1, -0.05) is 11.6 Å². The van der Waals surface area contributed by atoms with Crippen molar-refractivity contribution in [1.29, 1.82) is 0 Å². The molecule has 1 amide bonds. The molecule has 1 heterocycles. The molecule has 1 aromatic rings. The third-order valence-corrected chi connectivity index (χ3v) is 6.52. The largest absolute Gasteiger partial charge is 0.452 e. The Morgan fingerprint density at radius 2 is 1.96 bits per heavy atom. The molecule has 1 saturated carbocycles. The summed E-state index contributed by atoms with van der Waals surface area (Å²) in [4.78, 5) is 36.5. The minimum absolute atomic E-state index is 0.0304. The zero-order valence-electron chi connectivity index (χ0n) is 14.2. The van der Waals surface area contributed by atoms with E-state index in [-0.39, 0.29) is 28.1 Å². The summed E-state index contributed by atoms with van der Waals surface area (Å²) in [7, 11) is -3.17. The number of nitro groups is 1. The number of sulfone groups is 1. The first-order valence-electron chi connectivity index (χ1n) is 8.30. The number of ether oxygens (including phenoxy) is 1. The summed E-state index contributed by atoms with van der Waals surface area (Å²) in [5.74, 6) is -1.60. The van der Waals surface area contributed by atoms with E-state index in [1.165, 1.54) is 11.0 Å². The summed E-state index contributed by atoms with van der Waals surface area (Å²) >= 11 is 5.78. The van der Waals surface area contributed by atoms with E-state index in [4.69, 9.17) is 16.3 Å². The fourth-order valence-corrected chi connectivity index (χ4v) is 5.05. The lowest BCUT2D eigenvalue weighted by molar-refractivity contribution is -0.385. The van der Waals surface area contributed by atoms with Gasteiger partial charge in [0, 0.05) is 23.2 Å². The third kappa shape index (κ3) is 4.56. The molecule has 27 heavy (non-hydrogen) atoms. The van der Waals surface area contributed by atoms with Crippen molar-refractivity contribution in [3.63, 3.8) is 0 Å². The number of rotatable bonds is 6. The Morgan fingerprint density at radius 1 is 1.26 bits per heavy atom. The van der Waals surface area contributed by atoms with Crippen LogP contribution in [-0.4, -0.2) is 60.3 Å². The van der Waals surface area contributed by atoms with Crippen LogP contribution in [0, 0.1) is 10.1 Å². The van der Waals surface area contributed by atoms with Crippen LogP contribution in [0.3, 0.4) is 0 Å². The molecule has 0 radical (unpaired) electrons. The molecule has 2 aliphatic rings. The van der Waals surface area contributed by atoms with Gasteiger partial charge in [0.1, 0.15) is 5.56 Å². The van der Waals surface area contributed by atoms with Crippen molar-refractivity contribution in [3.05, 3.63) is 38.9 Å². The molecule has 0 bridgehead atoms. The maximum absolute atomic E-state index is 12.5. The SMILES string of the molecule is O=C(OCC(=O)N(C1CC1)[C@@H]1CCS(=O)(=O)C1)c1cc(Cl)ccc1[N+](=O)[O-]. The fraction of sp³-hybridized carbons (Fsp3) is 0.500. The van der Waals surface area contributed by atoms with E-state index < -0.39 is 45.0 Å². The molecule has 0 N–H and O–H groups in total. The van der Waals surface area contributed by atoms with Gasteiger partial charge < -0.3 is 9.64 Å². The minimum atomic E-state index is -3.17. The number of hydrogen-bond acceptors (Lipinski definition) is 7. The highest BCUT2D eigenvalue weighted by Gasteiger charge is 2.42. The van der Waals surface area contributed by atoms with Gasteiger partial charge in [-0.3, -0.25) is 14.9 Å². The first kappa shape index (κ1) is 19.6. The molecule has 146 valence electrons. The average molecular weight is 417 g/mol. The second kappa shape index (κ2) is 7.43. The second-order valence-electron chi connectivity index (χ2n) is 6.58. The summed E-state index contributed by atoms with van der Waals surface area (Å²) in [5, 5.41) is 11.2. The number of carbonyl (C=O) groups excluding carboxylic acids is 2. The molecule has 0 unspecified atom stereocenters. The highest BCUT2D eigenvalue weighted by molar-refractivity contribution is 7.91. The highest BCUT2D eigenvalue weighted by Crippen LogP contribution is 2.32. The third-order valence-electron chi connectivity index (χ3n) is 4.53. The summed E-state index contributed by atoms with van der Waals surface area (Å²) in [6, 6.07) is 3.00. The van der Waals surface area contributed by atoms with E-state index >= 15 is 0 Å². The standard InChI is InChI=1S/C16H17ClN2O7S/c17-10-1-4-14(19(22)23)13(7-10)16(21)26-8-15(20)18(11-2-3-11)12-5-6-27(24,25)9-12/h1,4,7,11-12H,2-3,5-6,8-9H2/t12-/m1/s1. The Kier molecular flexibility index (Phi) is 5.38. The molecule has 0 aromatic heterocycles. The van der Waals surface area contributed by atoms with Gasteiger partial charge in [0.15, 0.2) is 16.4 Å². The molecule has 1 aliphatic heterocycles. The summed E-state index contributed by atoms with van der Waals surface area (Å²) in [6.07, 6.45) is 1.91. The number of halogens is 1.